The molecule has 0 heterocycles. The van der Waals surface area contributed by atoms with Crippen molar-refractivity contribution in [2.24, 2.45) is 0 Å². The van der Waals surface area contributed by atoms with Crippen molar-refractivity contribution in [3.8, 4) is 17.6 Å². The molecule has 2 aromatic carbocycles. The fraction of sp³-hybridized carbons (Fsp3) is 0.222. The van der Waals surface area contributed by atoms with E-state index in [4.69, 9.17) is 21.6 Å². The number of carbonyl (C=O) groups is 1. The lowest BCUT2D eigenvalue weighted by Crippen LogP contribution is -1.98. The summed E-state index contributed by atoms with van der Waals surface area (Å²) < 4.78 is 5.73. The van der Waals surface area contributed by atoms with Crippen LogP contribution in [0.15, 0.2) is 36.4 Å². The highest BCUT2D eigenvalue weighted by molar-refractivity contribution is 6.34. The van der Waals surface area contributed by atoms with Gasteiger partial charge in [-0.15, -0.1) is 0 Å². The highest BCUT2D eigenvalue weighted by Gasteiger charge is 2.11. The van der Waals surface area contributed by atoms with Gasteiger partial charge in [0.1, 0.15) is 11.5 Å². The number of rotatable bonds is 3. The number of hydrogen-bond donors (Lipinski definition) is 0. The minimum absolute atomic E-state index is 0.0376. The summed E-state index contributed by atoms with van der Waals surface area (Å²) in [6, 6.07) is 13.0. The zero-order valence-corrected chi connectivity index (χ0v) is 13.9. The van der Waals surface area contributed by atoms with Gasteiger partial charge in [0, 0.05) is 18.6 Å². The molecule has 4 heteroatoms. The Kier molecular flexibility index (Phi) is 6.62. The van der Waals surface area contributed by atoms with E-state index in [-0.39, 0.29) is 5.78 Å². The predicted molar refractivity (Wildman–Crippen MR) is 88.7 cm³/mol. The van der Waals surface area contributed by atoms with E-state index in [0.717, 1.165) is 11.3 Å². The Morgan fingerprint density at radius 1 is 1.14 bits per heavy atom. The molecule has 3 nitrogen and oxygen atoms in total. The zero-order chi connectivity index (χ0) is 16.7. The maximum Gasteiger partial charge on any atom is 0.161 e. The van der Waals surface area contributed by atoms with E-state index in [1.165, 1.54) is 19.4 Å². The second-order valence-corrected chi connectivity index (χ2v) is 5.20. The molecule has 0 saturated carbocycles. The van der Waals surface area contributed by atoms with Crippen LogP contribution in [0.5, 0.6) is 11.5 Å². The van der Waals surface area contributed by atoms with Gasteiger partial charge in [0.05, 0.1) is 11.1 Å². The molecule has 2 aromatic rings. The normalized spacial score (nSPS) is 9.27. The van der Waals surface area contributed by atoms with Crippen molar-refractivity contribution in [1.29, 1.82) is 5.26 Å². The minimum Gasteiger partial charge on any atom is -0.457 e. The summed E-state index contributed by atoms with van der Waals surface area (Å²) in [6.45, 7) is 6.81. The zero-order valence-electron chi connectivity index (χ0n) is 13.1. The van der Waals surface area contributed by atoms with Gasteiger partial charge < -0.3 is 4.74 Å². The van der Waals surface area contributed by atoms with E-state index in [9.17, 15) is 4.79 Å². The van der Waals surface area contributed by atoms with Crippen LogP contribution in [-0.4, -0.2) is 5.78 Å². The van der Waals surface area contributed by atoms with Gasteiger partial charge in [0.2, 0.25) is 0 Å². The van der Waals surface area contributed by atoms with Crippen LogP contribution in [0.1, 0.15) is 35.3 Å². The molecular weight excluding hydrogens is 298 g/mol. The first-order chi connectivity index (χ1) is 10.4. The summed E-state index contributed by atoms with van der Waals surface area (Å²) >= 11 is 6.12. The van der Waals surface area contributed by atoms with Crippen molar-refractivity contribution in [3.05, 3.63) is 58.1 Å². The van der Waals surface area contributed by atoms with Gasteiger partial charge in [0.25, 0.3) is 0 Å². The van der Waals surface area contributed by atoms with Crippen LogP contribution in [0.3, 0.4) is 0 Å². The third-order valence-electron chi connectivity index (χ3n) is 2.87. The Hall–Kier alpha value is -2.31. The van der Waals surface area contributed by atoms with Gasteiger partial charge in [-0.25, -0.2) is 0 Å². The SMILES string of the molecule is CC#N.CC(=O)c1c(C)cc(Oc2ccc(C)cc2)cc1Cl. The number of ether oxygens (including phenoxy) is 1. The van der Waals surface area contributed by atoms with Crippen LogP contribution >= 0.6 is 11.6 Å². The van der Waals surface area contributed by atoms with Gasteiger partial charge in [-0.1, -0.05) is 29.3 Å². The fourth-order valence-electron chi connectivity index (χ4n) is 1.96. The summed E-state index contributed by atoms with van der Waals surface area (Å²) in [7, 11) is 0. The Morgan fingerprint density at radius 2 is 1.68 bits per heavy atom. The average Bonchev–Trinajstić information content (AvgIpc) is 2.41. The Balaban J connectivity index is 0.000000745. The van der Waals surface area contributed by atoms with E-state index >= 15 is 0 Å². The Morgan fingerprint density at radius 3 is 2.14 bits per heavy atom. The van der Waals surface area contributed by atoms with Crippen molar-refractivity contribution < 1.29 is 9.53 Å². The van der Waals surface area contributed by atoms with Crippen molar-refractivity contribution in [2.75, 3.05) is 0 Å². The standard InChI is InChI=1S/C16H15ClO2.C2H3N/c1-10-4-6-13(7-5-10)19-14-8-11(2)16(12(3)18)15(17)9-14;1-2-3/h4-9H,1-3H3;1H3. The molecule has 0 aliphatic carbocycles. The lowest BCUT2D eigenvalue weighted by atomic mass is 10.1. The van der Waals surface area contributed by atoms with Crippen LogP contribution in [-0.2, 0) is 0 Å². The lowest BCUT2D eigenvalue weighted by Gasteiger charge is -2.10. The second kappa shape index (κ2) is 8.21. The first kappa shape index (κ1) is 17.7. The number of carbonyl (C=O) groups excluding carboxylic acids is 1. The summed E-state index contributed by atoms with van der Waals surface area (Å²) in [5.41, 5.74) is 2.55. The minimum atomic E-state index is -0.0376. The number of Topliss-reactive ketones (excluding diaryl/α,β-unsaturated/α-hetero) is 1. The molecule has 0 aliphatic heterocycles. The smallest absolute Gasteiger partial charge is 0.161 e. The third-order valence-corrected chi connectivity index (χ3v) is 3.17. The van der Waals surface area contributed by atoms with E-state index < -0.39 is 0 Å². The van der Waals surface area contributed by atoms with Crippen LogP contribution in [0, 0.1) is 25.2 Å². The fourth-order valence-corrected chi connectivity index (χ4v) is 2.35. The van der Waals surface area contributed by atoms with Crippen LogP contribution in [0.25, 0.3) is 0 Å². The molecule has 0 saturated heterocycles. The Labute approximate surface area is 136 Å². The molecule has 0 amide bonds. The molecular formula is C18H18ClNO2. The maximum atomic E-state index is 11.5. The number of aryl methyl sites for hydroxylation is 2. The maximum absolute atomic E-state index is 11.5. The summed E-state index contributed by atoms with van der Waals surface area (Å²) in [5.74, 6) is 1.34. The van der Waals surface area contributed by atoms with Crippen LogP contribution < -0.4 is 4.74 Å². The van der Waals surface area contributed by atoms with Gasteiger partial charge in [-0.05, 0) is 44.5 Å². The quantitative estimate of drug-likeness (QED) is 0.704. The number of benzene rings is 2. The molecule has 114 valence electrons. The monoisotopic (exact) mass is 315 g/mol. The highest BCUT2D eigenvalue weighted by Crippen LogP contribution is 2.30. The molecule has 0 fully saturated rings. The van der Waals surface area contributed by atoms with Crippen molar-refractivity contribution >= 4 is 17.4 Å². The highest BCUT2D eigenvalue weighted by atomic mass is 35.5. The van der Waals surface area contributed by atoms with Gasteiger partial charge in [0.15, 0.2) is 5.78 Å². The molecule has 0 bridgehead atoms. The molecule has 22 heavy (non-hydrogen) atoms. The first-order valence-corrected chi connectivity index (χ1v) is 7.13. The number of nitriles is 1. The topological polar surface area (TPSA) is 50.1 Å². The molecule has 0 spiro atoms. The van der Waals surface area contributed by atoms with Gasteiger partial charge >= 0.3 is 0 Å². The van der Waals surface area contributed by atoms with Gasteiger partial charge in [-0.2, -0.15) is 5.26 Å². The van der Waals surface area contributed by atoms with Crippen LogP contribution in [0.4, 0.5) is 0 Å². The van der Waals surface area contributed by atoms with Crippen molar-refractivity contribution in [3.63, 3.8) is 0 Å². The number of hydrogen-bond acceptors (Lipinski definition) is 3. The summed E-state index contributed by atoms with van der Waals surface area (Å²) in [4.78, 5) is 11.5. The number of nitrogens with zero attached hydrogens (tertiary/aromatic N) is 1. The molecule has 0 radical (unpaired) electrons. The molecule has 0 aromatic heterocycles. The second-order valence-electron chi connectivity index (χ2n) is 4.79. The number of ketones is 1. The first-order valence-electron chi connectivity index (χ1n) is 6.75. The molecule has 0 unspecified atom stereocenters. The average molecular weight is 316 g/mol. The van der Waals surface area contributed by atoms with E-state index in [1.807, 2.05) is 44.2 Å². The molecule has 2 rings (SSSR count). The summed E-state index contributed by atoms with van der Waals surface area (Å²) in [5, 5.41) is 7.75. The molecule has 0 aliphatic rings. The molecule has 0 atom stereocenters. The van der Waals surface area contributed by atoms with Crippen molar-refractivity contribution in [2.45, 2.75) is 27.7 Å². The number of halogens is 1. The van der Waals surface area contributed by atoms with E-state index in [0.29, 0.717) is 16.3 Å². The predicted octanol–water partition coefficient (Wildman–Crippen LogP) is 5.48. The van der Waals surface area contributed by atoms with Crippen LogP contribution in [0.2, 0.25) is 5.02 Å². The van der Waals surface area contributed by atoms with Gasteiger partial charge in [-0.3, -0.25) is 4.79 Å². The summed E-state index contributed by atoms with van der Waals surface area (Å²) in [6.07, 6.45) is 0. The largest absolute Gasteiger partial charge is 0.457 e. The van der Waals surface area contributed by atoms with Crippen molar-refractivity contribution in [1.82, 2.24) is 0 Å². The Bertz CT molecular complexity index is 677. The third kappa shape index (κ3) is 4.91. The van der Waals surface area contributed by atoms with E-state index in [2.05, 4.69) is 0 Å². The van der Waals surface area contributed by atoms with E-state index in [1.54, 1.807) is 12.1 Å². The lowest BCUT2D eigenvalue weighted by molar-refractivity contribution is 0.101. The molecule has 0 N–H and O–H groups in total.